The molecule has 0 amide bonds. The van der Waals surface area contributed by atoms with E-state index in [-0.39, 0.29) is 18.1 Å². The molecule has 1 aliphatic carbocycles. The van der Waals surface area contributed by atoms with Gasteiger partial charge in [-0.05, 0) is 17.7 Å². The summed E-state index contributed by atoms with van der Waals surface area (Å²) in [7, 11) is -3.61. The fourth-order valence-electron chi connectivity index (χ4n) is 3.29. The zero-order valence-corrected chi connectivity index (χ0v) is 12.8. The van der Waals surface area contributed by atoms with Gasteiger partial charge in [0.15, 0.2) is 9.84 Å². The van der Waals surface area contributed by atoms with E-state index in [1.165, 1.54) is 0 Å². The number of benzene rings is 2. The van der Waals surface area contributed by atoms with E-state index in [1.807, 2.05) is 30.3 Å². The van der Waals surface area contributed by atoms with Crippen molar-refractivity contribution in [2.45, 2.75) is 16.1 Å². The van der Waals surface area contributed by atoms with Crippen LogP contribution >= 0.6 is 0 Å². The monoisotopic (exact) mass is 318 g/mol. The summed E-state index contributed by atoms with van der Waals surface area (Å²) in [6.45, 7) is -0.723. The molecule has 116 valence electrons. The summed E-state index contributed by atoms with van der Waals surface area (Å²) in [6.07, 6.45) is 0. The van der Waals surface area contributed by atoms with Crippen molar-refractivity contribution in [2.75, 3.05) is 13.2 Å². The molecule has 0 saturated heterocycles. The van der Waals surface area contributed by atoms with Gasteiger partial charge in [-0.15, -0.1) is 0 Å². The van der Waals surface area contributed by atoms with Gasteiger partial charge in [0.1, 0.15) is 0 Å². The highest BCUT2D eigenvalue weighted by molar-refractivity contribution is 7.92. The second kappa shape index (κ2) is 5.50. The van der Waals surface area contributed by atoms with Crippen LogP contribution in [0.3, 0.4) is 0 Å². The summed E-state index contributed by atoms with van der Waals surface area (Å²) in [5.74, 6) is -0.395. The lowest BCUT2D eigenvalue weighted by molar-refractivity contribution is 0.130. The van der Waals surface area contributed by atoms with Crippen LogP contribution in [-0.4, -0.2) is 37.1 Å². The van der Waals surface area contributed by atoms with E-state index in [9.17, 15) is 18.6 Å². The molecule has 1 aliphatic rings. The minimum absolute atomic E-state index is 0.227. The lowest BCUT2D eigenvalue weighted by Gasteiger charge is -2.11. The Labute approximate surface area is 130 Å². The van der Waals surface area contributed by atoms with E-state index in [4.69, 9.17) is 0 Å². The summed E-state index contributed by atoms with van der Waals surface area (Å²) >= 11 is 0. The number of sulfone groups is 1. The molecule has 3 rings (SSSR count). The minimum Gasteiger partial charge on any atom is -0.396 e. The average Bonchev–Trinajstić information content (AvgIpc) is 3.27. The summed E-state index contributed by atoms with van der Waals surface area (Å²) in [4.78, 5) is 0.227. The Kier molecular flexibility index (Phi) is 3.80. The van der Waals surface area contributed by atoms with Crippen LogP contribution < -0.4 is 0 Å². The number of rotatable bonds is 5. The van der Waals surface area contributed by atoms with E-state index in [0.717, 1.165) is 5.56 Å². The van der Waals surface area contributed by atoms with E-state index in [0.29, 0.717) is 0 Å². The fourth-order valence-corrected chi connectivity index (χ4v) is 5.74. The van der Waals surface area contributed by atoms with Gasteiger partial charge in [0.05, 0.1) is 23.4 Å². The normalized spacial score (nSPS) is 23.2. The summed E-state index contributed by atoms with van der Waals surface area (Å²) < 4.78 is 25.8. The topological polar surface area (TPSA) is 74.6 Å². The van der Waals surface area contributed by atoms with E-state index in [2.05, 4.69) is 0 Å². The van der Waals surface area contributed by atoms with Crippen molar-refractivity contribution in [3.8, 4) is 0 Å². The standard InChI is InChI=1S/C17H18O4S/c18-11-17(12-19)15(13-7-3-1-4-8-13)16(17)22(20,21)14-9-5-2-6-10-14/h1-10,15-16,18-19H,11-12H2/t15-,16+/m1/s1. The van der Waals surface area contributed by atoms with Crippen LogP contribution in [0.25, 0.3) is 0 Å². The highest BCUT2D eigenvalue weighted by Crippen LogP contribution is 2.63. The molecule has 0 bridgehead atoms. The van der Waals surface area contributed by atoms with Crippen molar-refractivity contribution >= 4 is 9.84 Å². The van der Waals surface area contributed by atoms with Gasteiger partial charge >= 0.3 is 0 Å². The lowest BCUT2D eigenvalue weighted by atomic mass is 10.0. The molecule has 1 saturated carbocycles. The number of aliphatic hydroxyl groups is 2. The summed E-state index contributed by atoms with van der Waals surface area (Å²) in [5.41, 5.74) is -0.189. The van der Waals surface area contributed by atoms with Gasteiger partial charge in [-0.1, -0.05) is 48.5 Å². The van der Waals surface area contributed by atoms with Gasteiger partial charge in [-0.3, -0.25) is 0 Å². The molecule has 0 unspecified atom stereocenters. The van der Waals surface area contributed by atoms with E-state index in [1.54, 1.807) is 30.3 Å². The maximum atomic E-state index is 12.9. The Morgan fingerprint density at radius 3 is 1.86 bits per heavy atom. The summed E-state index contributed by atoms with van der Waals surface area (Å²) in [6, 6.07) is 17.4. The molecule has 4 nitrogen and oxygen atoms in total. The number of aliphatic hydroxyl groups excluding tert-OH is 2. The first-order valence-corrected chi connectivity index (χ1v) is 8.68. The number of hydrogen-bond acceptors (Lipinski definition) is 4. The second-order valence-electron chi connectivity index (χ2n) is 5.72. The largest absolute Gasteiger partial charge is 0.396 e. The molecule has 0 radical (unpaired) electrons. The predicted octanol–water partition coefficient (Wildman–Crippen LogP) is 1.60. The second-order valence-corrected chi connectivity index (χ2v) is 7.79. The van der Waals surface area contributed by atoms with E-state index < -0.39 is 26.4 Å². The molecule has 0 aliphatic heterocycles. The summed E-state index contributed by atoms with van der Waals surface area (Å²) in [5, 5.41) is 18.7. The molecule has 2 N–H and O–H groups in total. The molecule has 2 atom stereocenters. The highest BCUT2D eigenvalue weighted by Gasteiger charge is 2.70. The van der Waals surface area contributed by atoms with Crippen LogP contribution in [0.4, 0.5) is 0 Å². The van der Waals surface area contributed by atoms with Gasteiger partial charge in [0.25, 0.3) is 0 Å². The van der Waals surface area contributed by atoms with Crippen molar-refractivity contribution in [2.24, 2.45) is 5.41 Å². The van der Waals surface area contributed by atoms with Crippen LogP contribution in [0.15, 0.2) is 65.6 Å². The molecule has 5 heteroatoms. The van der Waals surface area contributed by atoms with Gasteiger partial charge in [0.2, 0.25) is 0 Å². The van der Waals surface area contributed by atoms with E-state index >= 15 is 0 Å². The molecular weight excluding hydrogens is 300 g/mol. The van der Waals surface area contributed by atoms with Crippen molar-refractivity contribution in [1.82, 2.24) is 0 Å². The molecule has 1 fully saturated rings. The SMILES string of the molecule is O=S(=O)(c1ccccc1)[C@H]1[C@@H](c2ccccc2)C1(CO)CO. The lowest BCUT2D eigenvalue weighted by Crippen LogP contribution is -2.22. The molecule has 0 aromatic heterocycles. The fraction of sp³-hybridized carbons (Fsp3) is 0.294. The third-order valence-electron chi connectivity index (χ3n) is 4.53. The zero-order valence-electron chi connectivity index (χ0n) is 12.0. The smallest absolute Gasteiger partial charge is 0.182 e. The van der Waals surface area contributed by atoms with Crippen molar-refractivity contribution in [3.63, 3.8) is 0 Å². The van der Waals surface area contributed by atoms with Crippen molar-refractivity contribution in [1.29, 1.82) is 0 Å². The quantitative estimate of drug-likeness (QED) is 0.878. The Hall–Kier alpha value is -1.69. The molecular formula is C17H18O4S. The van der Waals surface area contributed by atoms with Gasteiger partial charge in [0, 0.05) is 11.3 Å². The Morgan fingerprint density at radius 1 is 0.864 bits per heavy atom. The highest BCUT2D eigenvalue weighted by atomic mass is 32.2. The number of hydrogen-bond donors (Lipinski definition) is 2. The first-order chi connectivity index (χ1) is 10.6. The molecule has 22 heavy (non-hydrogen) atoms. The van der Waals surface area contributed by atoms with Gasteiger partial charge < -0.3 is 10.2 Å². The molecule has 2 aromatic rings. The van der Waals surface area contributed by atoms with Crippen molar-refractivity contribution < 1.29 is 18.6 Å². The van der Waals surface area contributed by atoms with Crippen molar-refractivity contribution in [3.05, 3.63) is 66.2 Å². The Morgan fingerprint density at radius 2 is 1.36 bits per heavy atom. The molecule has 0 spiro atoms. The minimum atomic E-state index is -3.61. The first kappa shape index (κ1) is 15.2. The molecule has 0 heterocycles. The van der Waals surface area contributed by atoms with Crippen LogP contribution in [-0.2, 0) is 9.84 Å². The maximum Gasteiger partial charge on any atom is 0.182 e. The maximum absolute atomic E-state index is 12.9. The zero-order chi connectivity index (χ0) is 15.8. The predicted molar refractivity (Wildman–Crippen MR) is 83.2 cm³/mol. The van der Waals surface area contributed by atoms with Crippen LogP contribution in [0.1, 0.15) is 11.5 Å². The Balaban J connectivity index is 2.06. The average molecular weight is 318 g/mol. The van der Waals surface area contributed by atoms with Gasteiger partial charge in [-0.25, -0.2) is 8.42 Å². The van der Waals surface area contributed by atoms with Crippen LogP contribution in [0, 0.1) is 5.41 Å². The van der Waals surface area contributed by atoms with Crippen LogP contribution in [0.5, 0.6) is 0 Å². The third kappa shape index (κ3) is 2.17. The van der Waals surface area contributed by atoms with Gasteiger partial charge in [-0.2, -0.15) is 0 Å². The van der Waals surface area contributed by atoms with Crippen LogP contribution in [0.2, 0.25) is 0 Å². The first-order valence-electron chi connectivity index (χ1n) is 7.13. The third-order valence-corrected chi connectivity index (χ3v) is 6.87. The Bertz CT molecular complexity index is 737. The molecule has 2 aromatic carbocycles.